The molecule has 224 valence electrons. The Balaban J connectivity index is 1.43. The van der Waals surface area contributed by atoms with Crippen LogP contribution >= 0.6 is 0 Å². The fourth-order valence-electron chi connectivity index (χ4n) is 6.15. The summed E-state index contributed by atoms with van der Waals surface area (Å²) >= 11 is 0. The zero-order chi connectivity index (χ0) is 29.8. The number of carbonyl (C=O) groups excluding carboxylic acids is 4. The molecule has 4 amide bonds. The lowest BCUT2D eigenvalue weighted by Crippen LogP contribution is -2.55. The summed E-state index contributed by atoms with van der Waals surface area (Å²) in [5, 5.41) is 14.3. The van der Waals surface area contributed by atoms with E-state index < -0.39 is 18.1 Å². The van der Waals surface area contributed by atoms with Crippen molar-refractivity contribution in [2.24, 2.45) is 11.8 Å². The van der Waals surface area contributed by atoms with E-state index in [1.54, 1.807) is 23.4 Å². The number of H-pyrrole nitrogens is 1. The van der Waals surface area contributed by atoms with Gasteiger partial charge in [0.25, 0.3) is 0 Å². The maximum atomic E-state index is 14.3. The lowest BCUT2D eigenvalue weighted by Gasteiger charge is -2.30. The minimum Gasteiger partial charge on any atom is -0.361 e. The van der Waals surface area contributed by atoms with Crippen molar-refractivity contribution in [3.05, 3.63) is 54.5 Å². The number of benzene rings is 1. The molecule has 11 heteroatoms. The largest absolute Gasteiger partial charge is 0.361 e. The molecule has 3 aromatic rings. The molecule has 2 saturated heterocycles. The van der Waals surface area contributed by atoms with Crippen molar-refractivity contribution < 1.29 is 19.2 Å². The van der Waals surface area contributed by atoms with Crippen LogP contribution in [0.25, 0.3) is 10.9 Å². The average Bonchev–Trinajstić information content (AvgIpc) is 3.70. The van der Waals surface area contributed by atoms with Gasteiger partial charge < -0.3 is 25.8 Å². The normalized spacial score (nSPS) is 25.8. The second-order valence-electron chi connectivity index (χ2n) is 12.1. The van der Waals surface area contributed by atoms with Gasteiger partial charge >= 0.3 is 0 Å². The van der Waals surface area contributed by atoms with Gasteiger partial charge in [-0.25, -0.2) is 0 Å². The first kappa shape index (κ1) is 29.3. The van der Waals surface area contributed by atoms with E-state index in [0.717, 1.165) is 29.3 Å². The molecule has 0 unspecified atom stereocenters. The minimum atomic E-state index is -0.862. The van der Waals surface area contributed by atoms with Crippen LogP contribution in [0.3, 0.4) is 0 Å². The van der Waals surface area contributed by atoms with Crippen molar-refractivity contribution in [2.45, 2.75) is 83.6 Å². The first-order valence-electron chi connectivity index (χ1n) is 14.9. The third-order valence-corrected chi connectivity index (χ3v) is 8.49. The van der Waals surface area contributed by atoms with Crippen LogP contribution in [0.15, 0.2) is 48.9 Å². The minimum absolute atomic E-state index is 0.0428. The molecule has 0 aliphatic carbocycles. The molecule has 0 bridgehead atoms. The lowest BCUT2D eigenvalue weighted by atomic mass is 9.92. The Bertz CT molecular complexity index is 1420. The van der Waals surface area contributed by atoms with Gasteiger partial charge in [0.1, 0.15) is 18.6 Å². The molecule has 4 heterocycles. The van der Waals surface area contributed by atoms with Gasteiger partial charge in [0.05, 0.1) is 0 Å². The van der Waals surface area contributed by atoms with Crippen molar-refractivity contribution in [1.82, 2.24) is 35.6 Å². The molecular weight excluding hydrogens is 534 g/mol. The lowest BCUT2D eigenvalue weighted by molar-refractivity contribution is -0.141. The van der Waals surface area contributed by atoms with E-state index in [4.69, 9.17) is 0 Å². The van der Waals surface area contributed by atoms with Gasteiger partial charge in [0.2, 0.25) is 23.6 Å². The van der Waals surface area contributed by atoms with Crippen molar-refractivity contribution in [3.8, 4) is 0 Å². The van der Waals surface area contributed by atoms with Gasteiger partial charge in [-0.2, -0.15) is 5.10 Å². The van der Waals surface area contributed by atoms with Crippen LogP contribution in [-0.4, -0.2) is 74.0 Å². The zero-order valence-electron chi connectivity index (χ0n) is 24.5. The van der Waals surface area contributed by atoms with E-state index in [2.05, 4.69) is 39.9 Å². The second kappa shape index (κ2) is 12.8. The van der Waals surface area contributed by atoms with Crippen LogP contribution in [0.4, 0.5) is 0 Å². The van der Waals surface area contributed by atoms with E-state index in [1.807, 2.05) is 37.4 Å². The van der Waals surface area contributed by atoms with Crippen molar-refractivity contribution in [3.63, 3.8) is 0 Å². The Morgan fingerprint density at radius 3 is 2.69 bits per heavy atom. The van der Waals surface area contributed by atoms with Crippen molar-refractivity contribution in [2.75, 3.05) is 6.54 Å². The molecule has 2 fully saturated rings. The van der Waals surface area contributed by atoms with Crippen LogP contribution in [0.2, 0.25) is 0 Å². The quantitative estimate of drug-likeness (QED) is 0.357. The highest BCUT2D eigenvalue weighted by atomic mass is 16.2. The number of para-hydroxylation sites is 1. The molecule has 0 spiro atoms. The summed E-state index contributed by atoms with van der Waals surface area (Å²) in [6, 6.07) is 7.44. The summed E-state index contributed by atoms with van der Waals surface area (Å²) in [5.74, 6) is -0.697. The highest BCUT2D eigenvalue weighted by molar-refractivity contribution is 5.94. The molecule has 42 heavy (non-hydrogen) atoms. The van der Waals surface area contributed by atoms with E-state index in [-0.39, 0.29) is 67.4 Å². The van der Waals surface area contributed by atoms with Gasteiger partial charge in [-0.1, -0.05) is 39.0 Å². The molecular formula is C31H41N7O4. The van der Waals surface area contributed by atoms with Crippen LogP contribution in [0.5, 0.6) is 0 Å². The van der Waals surface area contributed by atoms with Gasteiger partial charge in [-0.3, -0.25) is 23.9 Å². The Labute approximate surface area is 245 Å². The third kappa shape index (κ3) is 6.83. The summed E-state index contributed by atoms with van der Waals surface area (Å²) in [5.41, 5.74) is 1.86. The number of carbonyl (C=O) groups is 4. The molecule has 2 aliphatic heterocycles. The number of aromatic nitrogens is 3. The van der Waals surface area contributed by atoms with Gasteiger partial charge in [0, 0.05) is 61.0 Å². The van der Waals surface area contributed by atoms with Gasteiger partial charge in [0.15, 0.2) is 0 Å². The Hall–Kier alpha value is -4.15. The first-order valence-corrected chi connectivity index (χ1v) is 14.9. The smallest absolute Gasteiger partial charge is 0.246 e. The van der Waals surface area contributed by atoms with Crippen LogP contribution < -0.4 is 16.0 Å². The molecule has 0 saturated carbocycles. The Kier molecular flexibility index (Phi) is 8.94. The summed E-state index contributed by atoms with van der Waals surface area (Å²) < 4.78 is 1.52. The molecule has 4 N–H and O–H groups in total. The Morgan fingerprint density at radius 2 is 1.93 bits per heavy atom. The SMILES string of the molecule is CC(C)[C@@H]1CC[C@@H](C)CC(=O)N[C@H](Cc2c[nH]c3ccccc23)C(=O)N2C[C@H](NC(=O)Cn3cccn3)C[C@H]2C(=O)N1. The van der Waals surface area contributed by atoms with Crippen LogP contribution in [0.1, 0.15) is 52.0 Å². The maximum Gasteiger partial charge on any atom is 0.246 e. The topological polar surface area (TPSA) is 141 Å². The maximum absolute atomic E-state index is 14.3. The molecule has 1 aromatic carbocycles. The zero-order valence-corrected chi connectivity index (χ0v) is 24.5. The van der Waals surface area contributed by atoms with Crippen LogP contribution in [-0.2, 0) is 32.1 Å². The van der Waals surface area contributed by atoms with Gasteiger partial charge in [-0.15, -0.1) is 0 Å². The van der Waals surface area contributed by atoms with Crippen molar-refractivity contribution >= 4 is 34.5 Å². The third-order valence-electron chi connectivity index (χ3n) is 8.49. The highest BCUT2D eigenvalue weighted by Crippen LogP contribution is 2.25. The van der Waals surface area contributed by atoms with E-state index in [1.165, 1.54) is 4.68 Å². The first-order chi connectivity index (χ1) is 20.2. The molecule has 5 atom stereocenters. The summed E-state index contributed by atoms with van der Waals surface area (Å²) in [4.78, 5) is 58.9. The number of nitrogens with zero attached hydrogens (tertiary/aromatic N) is 3. The average molecular weight is 576 g/mol. The molecule has 2 aliphatic rings. The number of rotatable bonds is 6. The number of hydrogen-bond acceptors (Lipinski definition) is 5. The molecule has 11 nitrogen and oxygen atoms in total. The molecule has 2 aromatic heterocycles. The van der Waals surface area contributed by atoms with Crippen LogP contribution in [0, 0.1) is 11.8 Å². The predicted octanol–water partition coefficient (Wildman–Crippen LogP) is 2.14. The molecule has 0 radical (unpaired) electrons. The number of amides is 4. The number of fused-ring (bicyclic) bond motifs is 2. The summed E-state index contributed by atoms with van der Waals surface area (Å²) in [6.07, 6.45) is 7.55. The van der Waals surface area contributed by atoms with E-state index >= 15 is 0 Å². The molecule has 5 rings (SSSR count). The number of hydrogen-bond donors (Lipinski definition) is 4. The number of aromatic amines is 1. The van der Waals surface area contributed by atoms with E-state index in [9.17, 15) is 19.2 Å². The van der Waals surface area contributed by atoms with Crippen molar-refractivity contribution in [1.29, 1.82) is 0 Å². The summed E-state index contributed by atoms with van der Waals surface area (Å²) in [6.45, 7) is 6.37. The fraction of sp³-hybridized carbons (Fsp3) is 0.516. The highest BCUT2D eigenvalue weighted by Gasteiger charge is 2.43. The second-order valence-corrected chi connectivity index (χ2v) is 12.1. The number of nitrogens with one attached hydrogen (secondary N) is 4. The predicted molar refractivity (Wildman–Crippen MR) is 158 cm³/mol. The Morgan fingerprint density at radius 1 is 1.12 bits per heavy atom. The standard InChI is InChI=1S/C31H41N7O4/c1-19(2)24-10-9-20(3)13-28(39)35-26(14-21-16-32-25-8-5-4-7-23(21)25)31(42)38-17-22(15-27(38)30(41)36-24)34-29(40)18-37-12-6-11-33-37/h4-8,11-12,16,19-20,22,24,26-27,32H,9-10,13-15,17-18H2,1-3H3,(H,34,40)(H,35,39)(H,36,41)/t20-,22-,24+,26-,27+/m1/s1. The van der Waals surface area contributed by atoms with E-state index in [0.29, 0.717) is 6.42 Å². The monoisotopic (exact) mass is 575 g/mol. The van der Waals surface area contributed by atoms with Gasteiger partial charge in [-0.05, 0) is 48.8 Å². The summed E-state index contributed by atoms with van der Waals surface area (Å²) in [7, 11) is 0. The fourth-order valence-corrected chi connectivity index (χ4v) is 6.15.